The van der Waals surface area contributed by atoms with E-state index in [4.69, 9.17) is 9.47 Å². The SMILES string of the molecule is COc1cccc(/C=C2\SC(=O)N(Cc3ccc(I)cc3)C2=O)c1OC. The van der Waals surface area contributed by atoms with Gasteiger partial charge in [-0.2, -0.15) is 0 Å². The highest BCUT2D eigenvalue weighted by molar-refractivity contribution is 14.1. The van der Waals surface area contributed by atoms with E-state index < -0.39 is 0 Å². The molecule has 7 heteroatoms. The van der Waals surface area contributed by atoms with Crippen LogP contribution in [-0.4, -0.2) is 30.3 Å². The van der Waals surface area contributed by atoms with Crippen LogP contribution in [0.15, 0.2) is 47.4 Å². The molecular formula is C19H16INO4S. The highest BCUT2D eigenvalue weighted by atomic mass is 127. The highest BCUT2D eigenvalue weighted by Crippen LogP contribution is 2.37. The van der Waals surface area contributed by atoms with E-state index in [1.807, 2.05) is 36.4 Å². The number of benzene rings is 2. The van der Waals surface area contributed by atoms with Crippen LogP contribution in [0.4, 0.5) is 4.79 Å². The van der Waals surface area contributed by atoms with E-state index in [1.54, 1.807) is 19.3 Å². The van der Waals surface area contributed by atoms with Gasteiger partial charge in [-0.15, -0.1) is 0 Å². The second-order valence-electron chi connectivity index (χ2n) is 5.48. The molecule has 1 heterocycles. The van der Waals surface area contributed by atoms with Crippen molar-refractivity contribution < 1.29 is 19.1 Å². The maximum absolute atomic E-state index is 12.7. The number of imide groups is 1. The number of hydrogen-bond acceptors (Lipinski definition) is 5. The lowest BCUT2D eigenvalue weighted by molar-refractivity contribution is -0.123. The zero-order valence-electron chi connectivity index (χ0n) is 14.2. The Morgan fingerprint density at radius 2 is 1.81 bits per heavy atom. The smallest absolute Gasteiger partial charge is 0.293 e. The van der Waals surface area contributed by atoms with Crippen LogP contribution >= 0.6 is 34.4 Å². The molecule has 5 nitrogen and oxygen atoms in total. The summed E-state index contributed by atoms with van der Waals surface area (Å²) >= 11 is 3.15. The number of para-hydroxylation sites is 1. The molecule has 1 saturated heterocycles. The number of carbonyl (C=O) groups is 2. The Labute approximate surface area is 169 Å². The van der Waals surface area contributed by atoms with E-state index >= 15 is 0 Å². The number of hydrogen-bond donors (Lipinski definition) is 0. The third-order valence-electron chi connectivity index (χ3n) is 3.85. The number of thioether (sulfide) groups is 1. The predicted octanol–water partition coefficient (Wildman–Crippen LogP) is 4.54. The lowest BCUT2D eigenvalue weighted by Crippen LogP contribution is -2.27. The molecule has 1 aliphatic rings. The molecule has 1 fully saturated rings. The minimum absolute atomic E-state index is 0.258. The summed E-state index contributed by atoms with van der Waals surface area (Å²) < 4.78 is 11.8. The third-order valence-corrected chi connectivity index (χ3v) is 5.47. The normalized spacial score (nSPS) is 15.7. The van der Waals surface area contributed by atoms with E-state index in [9.17, 15) is 9.59 Å². The lowest BCUT2D eigenvalue weighted by Gasteiger charge is -2.12. The van der Waals surface area contributed by atoms with Crippen LogP contribution in [0.1, 0.15) is 11.1 Å². The molecule has 2 aromatic carbocycles. The van der Waals surface area contributed by atoms with Gasteiger partial charge in [0.15, 0.2) is 11.5 Å². The Bertz CT molecular complexity index is 880. The predicted molar refractivity (Wildman–Crippen MR) is 110 cm³/mol. The van der Waals surface area contributed by atoms with E-state index in [0.717, 1.165) is 20.9 Å². The molecule has 0 aliphatic carbocycles. The number of methoxy groups -OCH3 is 2. The van der Waals surface area contributed by atoms with Gasteiger partial charge in [0.2, 0.25) is 0 Å². The first-order valence-corrected chi connectivity index (χ1v) is 9.64. The Morgan fingerprint density at radius 1 is 1.08 bits per heavy atom. The molecule has 0 saturated carbocycles. The summed E-state index contributed by atoms with van der Waals surface area (Å²) in [7, 11) is 3.09. The zero-order valence-corrected chi connectivity index (χ0v) is 17.2. The first kappa shape index (κ1) is 18.8. The van der Waals surface area contributed by atoms with E-state index in [2.05, 4.69) is 22.6 Å². The summed E-state index contributed by atoms with van der Waals surface area (Å²) in [6.07, 6.45) is 1.67. The highest BCUT2D eigenvalue weighted by Gasteiger charge is 2.35. The van der Waals surface area contributed by atoms with Gasteiger partial charge >= 0.3 is 0 Å². The van der Waals surface area contributed by atoms with Gasteiger partial charge in [0.1, 0.15) is 0 Å². The van der Waals surface area contributed by atoms with Gasteiger partial charge in [-0.1, -0.05) is 24.3 Å². The largest absolute Gasteiger partial charge is 0.493 e. The van der Waals surface area contributed by atoms with Crippen LogP contribution in [-0.2, 0) is 11.3 Å². The maximum atomic E-state index is 12.7. The van der Waals surface area contributed by atoms with Crippen LogP contribution in [0.25, 0.3) is 6.08 Å². The molecular weight excluding hydrogens is 465 g/mol. The monoisotopic (exact) mass is 481 g/mol. The maximum Gasteiger partial charge on any atom is 0.293 e. The average molecular weight is 481 g/mol. The van der Waals surface area contributed by atoms with Crippen molar-refractivity contribution >= 4 is 51.6 Å². The van der Waals surface area contributed by atoms with Crippen molar-refractivity contribution in [3.8, 4) is 11.5 Å². The topological polar surface area (TPSA) is 55.8 Å². The molecule has 0 bridgehead atoms. The molecule has 2 aromatic rings. The number of halogens is 1. The number of carbonyl (C=O) groups excluding carboxylic acids is 2. The number of amides is 2. The molecule has 2 amide bonds. The number of nitrogens with zero attached hydrogens (tertiary/aromatic N) is 1. The van der Waals surface area contributed by atoms with Crippen LogP contribution in [0.5, 0.6) is 11.5 Å². The van der Waals surface area contributed by atoms with Gasteiger partial charge in [-0.3, -0.25) is 14.5 Å². The van der Waals surface area contributed by atoms with Crippen molar-refractivity contribution in [2.24, 2.45) is 0 Å². The second-order valence-corrected chi connectivity index (χ2v) is 7.72. The van der Waals surface area contributed by atoms with Crippen molar-refractivity contribution in [1.82, 2.24) is 4.90 Å². The molecule has 1 aliphatic heterocycles. The summed E-state index contributed by atoms with van der Waals surface area (Å²) in [5, 5.41) is -0.276. The molecule has 0 atom stereocenters. The van der Waals surface area contributed by atoms with E-state index in [-0.39, 0.29) is 17.7 Å². The minimum Gasteiger partial charge on any atom is -0.493 e. The standard InChI is InChI=1S/C19H16INO4S/c1-24-15-5-3-4-13(17(15)25-2)10-16-18(22)21(19(23)26-16)11-12-6-8-14(20)9-7-12/h3-10H,11H2,1-2H3/b16-10-. The van der Waals surface area contributed by atoms with Gasteiger partial charge in [0.05, 0.1) is 25.7 Å². The van der Waals surface area contributed by atoms with Crippen LogP contribution in [0, 0.1) is 3.57 Å². The van der Waals surface area contributed by atoms with E-state index in [0.29, 0.717) is 22.0 Å². The van der Waals surface area contributed by atoms with Crippen molar-refractivity contribution in [3.63, 3.8) is 0 Å². The van der Waals surface area contributed by atoms with Crippen molar-refractivity contribution in [1.29, 1.82) is 0 Å². The fourth-order valence-corrected chi connectivity index (χ4v) is 3.76. The quantitative estimate of drug-likeness (QED) is 0.464. The first-order chi connectivity index (χ1) is 12.5. The molecule has 0 aromatic heterocycles. The van der Waals surface area contributed by atoms with Gasteiger partial charge in [-0.05, 0) is 64.2 Å². The van der Waals surface area contributed by atoms with Crippen LogP contribution in [0.2, 0.25) is 0 Å². The summed E-state index contributed by atoms with van der Waals surface area (Å²) in [6, 6.07) is 13.1. The molecule has 0 radical (unpaired) electrons. The molecule has 0 unspecified atom stereocenters. The van der Waals surface area contributed by atoms with Gasteiger partial charge in [0, 0.05) is 9.13 Å². The molecule has 26 heavy (non-hydrogen) atoms. The summed E-state index contributed by atoms with van der Waals surface area (Å²) in [6.45, 7) is 0.258. The fourth-order valence-electron chi connectivity index (χ4n) is 2.58. The van der Waals surface area contributed by atoms with E-state index in [1.165, 1.54) is 12.0 Å². The Balaban J connectivity index is 1.87. The third kappa shape index (κ3) is 3.88. The number of rotatable bonds is 5. The van der Waals surface area contributed by atoms with Crippen molar-refractivity contribution in [2.45, 2.75) is 6.54 Å². The molecule has 134 valence electrons. The lowest BCUT2D eigenvalue weighted by atomic mass is 10.1. The minimum atomic E-state index is -0.302. The first-order valence-electron chi connectivity index (χ1n) is 7.74. The molecule has 3 rings (SSSR count). The summed E-state index contributed by atoms with van der Waals surface area (Å²) in [5.74, 6) is 0.794. The van der Waals surface area contributed by atoms with Gasteiger partial charge in [0.25, 0.3) is 11.1 Å². The fraction of sp³-hybridized carbons (Fsp3) is 0.158. The molecule has 0 N–H and O–H groups in total. The van der Waals surface area contributed by atoms with Gasteiger partial charge < -0.3 is 9.47 Å². The summed E-state index contributed by atoms with van der Waals surface area (Å²) in [5.41, 5.74) is 1.60. The second kappa shape index (κ2) is 8.13. The zero-order chi connectivity index (χ0) is 18.7. The number of ether oxygens (including phenoxy) is 2. The van der Waals surface area contributed by atoms with Crippen molar-refractivity contribution in [2.75, 3.05) is 14.2 Å². The Kier molecular flexibility index (Phi) is 5.87. The van der Waals surface area contributed by atoms with Crippen LogP contribution < -0.4 is 9.47 Å². The summed E-state index contributed by atoms with van der Waals surface area (Å²) in [4.78, 5) is 26.6. The van der Waals surface area contributed by atoms with Crippen LogP contribution in [0.3, 0.4) is 0 Å². The van der Waals surface area contributed by atoms with Crippen molar-refractivity contribution in [3.05, 3.63) is 62.1 Å². The average Bonchev–Trinajstić information content (AvgIpc) is 2.90. The Hall–Kier alpha value is -2.00. The molecule has 0 spiro atoms. The van der Waals surface area contributed by atoms with Gasteiger partial charge in [-0.25, -0.2) is 0 Å². The Morgan fingerprint density at radius 3 is 2.46 bits per heavy atom.